The van der Waals surface area contributed by atoms with E-state index in [1.807, 2.05) is 0 Å². The molecule has 0 aromatic heterocycles. The molecule has 0 atom stereocenters. The van der Waals surface area contributed by atoms with Crippen LogP contribution in [0.1, 0.15) is 156 Å². The van der Waals surface area contributed by atoms with Crippen molar-refractivity contribution in [2.75, 3.05) is 19.8 Å². The molecule has 0 aromatic carbocycles. The van der Waals surface area contributed by atoms with Gasteiger partial charge in [-0.3, -0.25) is 0 Å². The van der Waals surface area contributed by atoms with Gasteiger partial charge in [0.2, 0.25) is 0 Å². The quantitative estimate of drug-likeness (QED) is 0.0879. The second kappa shape index (κ2) is 25.7. The van der Waals surface area contributed by atoms with Crippen LogP contribution in [0.25, 0.3) is 0 Å². The van der Waals surface area contributed by atoms with Crippen LogP contribution in [0.5, 0.6) is 0 Å². The zero-order valence-electron chi connectivity index (χ0n) is 22.7. The highest BCUT2D eigenvalue weighted by molar-refractivity contribution is 6.59. The average Bonchev–Trinajstić information content (AvgIpc) is 2.79. The normalized spacial score (nSPS) is 12.0. The van der Waals surface area contributed by atoms with Crippen molar-refractivity contribution in [3.63, 3.8) is 0 Å². The van der Waals surface area contributed by atoms with E-state index >= 15 is 0 Å². The Morgan fingerprint density at radius 2 is 0.562 bits per heavy atom. The lowest BCUT2D eigenvalue weighted by Gasteiger charge is -2.26. The van der Waals surface area contributed by atoms with Crippen molar-refractivity contribution in [2.45, 2.75) is 162 Å². The van der Waals surface area contributed by atoms with E-state index in [0.29, 0.717) is 0 Å². The molecular weight excluding hydrogens is 412 g/mol. The lowest BCUT2D eigenvalue weighted by Crippen LogP contribution is -2.43. The molecule has 0 fully saturated rings. The van der Waals surface area contributed by atoms with E-state index in [1.54, 1.807) is 0 Å². The molecule has 0 aliphatic carbocycles. The van der Waals surface area contributed by atoms with Crippen molar-refractivity contribution < 1.29 is 13.3 Å². The van der Waals surface area contributed by atoms with Gasteiger partial charge in [-0.05, 0) is 19.3 Å². The van der Waals surface area contributed by atoms with Crippen molar-refractivity contribution in [3.05, 3.63) is 0 Å². The first-order valence-corrected chi connectivity index (χ1v) is 16.8. The highest BCUT2D eigenvalue weighted by Gasteiger charge is 2.34. The molecular formula is C28H60O3Si. The molecule has 0 N–H and O–H groups in total. The molecule has 0 aromatic rings. The number of hydrogen-bond acceptors (Lipinski definition) is 3. The van der Waals surface area contributed by atoms with Gasteiger partial charge in [-0.25, -0.2) is 0 Å². The van der Waals surface area contributed by atoms with E-state index in [0.717, 1.165) is 39.1 Å². The molecule has 0 amide bonds. The van der Waals surface area contributed by atoms with Crippen molar-refractivity contribution in [1.82, 2.24) is 0 Å². The van der Waals surface area contributed by atoms with E-state index in [2.05, 4.69) is 27.3 Å². The van der Waals surface area contributed by atoms with Gasteiger partial charge >= 0.3 is 8.80 Å². The molecule has 0 spiro atoms. The van der Waals surface area contributed by atoms with Crippen LogP contribution in [0, 0.1) is 0 Å². The first kappa shape index (κ1) is 32.1. The van der Waals surface area contributed by atoms with Crippen LogP contribution in [-0.2, 0) is 13.3 Å². The van der Waals surface area contributed by atoms with E-state index in [9.17, 15) is 0 Å². The average molecular weight is 473 g/mol. The van der Waals surface area contributed by atoms with E-state index in [-0.39, 0.29) is 0 Å². The van der Waals surface area contributed by atoms with Gasteiger partial charge in [0.15, 0.2) is 0 Å². The minimum Gasteiger partial charge on any atom is -0.374 e. The van der Waals surface area contributed by atoms with E-state index in [4.69, 9.17) is 13.3 Å². The Balaban J connectivity index is 4.04. The maximum absolute atomic E-state index is 6.27. The molecule has 0 heterocycles. The topological polar surface area (TPSA) is 27.7 Å². The summed E-state index contributed by atoms with van der Waals surface area (Å²) in [7, 11) is -2.49. The summed E-state index contributed by atoms with van der Waals surface area (Å²) in [5.74, 6) is 0. The lowest BCUT2D eigenvalue weighted by molar-refractivity contribution is 0.0616. The Labute approximate surface area is 204 Å². The van der Waals surface area contributed by atoms with Gasteiger partial charge in [0.1, 0.15) is 0 Å². The molecule has 4 heteroatoms. The van der Waals surface area contributed by atoms with Gasteiger partial charge in [-0.15, -0.1) is 0 Å². The molecule has 0 radical (unpaired) electrons. The molecule has 3 nitrogen and oxygen atoms in total. The van der Waals surface area contributed by atoms with Gasteiger partial charge in [0.25, 0.3) is 0 Å². The van der Waals surface area contributed by atoms with Crippen LogP contribution >= 0.6 is 0 Å². The second-order valence-corrected chi connectivity index (χ2v) is 12.4. The molecule has 0 saturated heterocycles. The molecule has 0 unspecified atom stereocenters. The summed E-state index contributed by atoms with van der Waals surface area (Å²) >= 11 is 0. The van der Waals surface area contributed by atoms with E-state index in [1.165, 1.54) is 116 Å². The van der Waals surface area contributed by atoms with Crippen molar-refractivity contribution in [1.29, 1.82) is 0 Å². The van der Waals surface area contributed by atoms with Gasteiger partial charge in [-0.2, -0.15) is 0 Å². The van der Waals surface area contributed by atoms with Gasteiger partial charge < -0.3 is 13.3 Å². The second-order valence-electron chi connectivity index (χ2n) is 9.77. The Morgan fingerprint density at radius 1 is 0.344 bits per heavy atom. The first-order valence-electron chi connectivity index (χ1n) is 14.6. The van der Waals surface area contributed by atoms with Crippen LogP contribution in [-0.4, -0.2) is 28.6 Å². The highest BCUT2D eigenvalue weighted by atomic mass is 28.4. The molecule has 0 aliphatic heterocycles. The summed E-state index contributed by atoms with van der Waals surface area (Å²) in [6.07, 6.45) is 27.5. The zero-order valence-corrected chi connectivity index (χ0v) is 23.7. The Morgan fingerprint density at radius 3 is 0.812 bits per heavy atom. The van der Waals surface area contributed by atoms with Crippen LogP contribution < -0.4 is 0 Å². The molecule has 0 rings (SSSR count). The first-order chi connectivity index (χ1) is 15.7. The van der Waals surface area contributed by atoms with Gasteiger partial charge in [0.05, 0.1) is 0 Å². The minimum atomic E-state index is -2.49. The third-order valence-corrected chi connectivity index (χ3v) is 8.52. The highest BCUT2D eigenvalue weighted by Crippen LogP contribution is 2.16. The predicted molar refractivity (Wildman–Crippen MR) is 143 cm³/mol. The zero-order chi connectivity index (χ0) is 23.6. The van der Waals surface area contributed by atoms with Crippen LogP contribution in [0.15, 0.2) is 0 Å². The summed E-state index contributed by atoms with van der Waals surface area (Å²) in [6.45, 7) is 11.3. The number of hydrogen-bond donors (Lipinski definition) is 0. The summed E-state index contributed by atoms with van der Waals surface area (Å²) in [4.78, 5) is 0. The number of unbranched alkanes of at least 4 members (excludes halogenated alkanes) is 18. The molecule has 194 valence electrons. The van der Waals surface area contributed by atoms with Crippen LogP contribution in [0.3, 0.4) is 0 Å². The Kier molecular flexibility index (Phi) is 25.8. The lowest BCUT2D eigenvalue weighted by atomic mass is 10.1. The third-order valence-electron chi connectivity index (χ3n) is 6.34. The number of rotatable bonds is 27. The minimum absolute atomic E-state index is 0.796. The Bertz CT molecular complexity index is 301. The fourth-order valence-electron chi connectivity index (χ4n) is 4.08. The molecule has 0 saturated carbocycles. The van der Waals surface area contributed by atoms with Crippen LogP contribution in [0.2, 0.25) is 6.55 Å². The molecule has 32 heavy (non-hydrogen) atoms. The SMILES string of the molecule is CCCCCCCCCO[Si](C)(OCCCCCCCCC)OCCCCCCCCC. The van der Waals surface area contributed by atoms with Crippen molar-refractivity contribution in [2.24, 2.45) is 0 Å². The maximum Gasteiger partial charge on any atom is 0.497 e. The molecule has 0 aliphatic rings. The maximum atomic E-state index is 6.27. The van der Waals surface area contributed by atoms with Crippen LogP contribution in [0.4, 0.5) is 0 Å². The van der Waals surface area contributed by atoms with Gasteiger partial charge in [-0.1, -0.05) is 136 Å². The summed E-state index contributed by atoms with van der Waals surface area (Å²) in [5.41, 5.74) is 0. The fraction of sp³-hybridized carbons (Fsp3) is 1.00. The van der Waals surface area contributed by atoms with Crippen molar-refractivity contribution in [3.8, 4) is 0 Å². The third kappa shape index (κ3) is 23.3. The predicted octanol–water partition coefficient (Wildman–Crippen LogP) is 9.86. The van der Waals surface area contributed by atoms with Gasteiger partial charge in [0, 0.05) is 26.4 Å². The monoisotopic (exact) mass is 472 g/mol. The summed E-state index contributed by atoms with van der Waals surface area (Å²) in [6, 6.07) is 0. The summed E-state index contributed by atoms with van der Waals surface area (Å²) < 4.78 is 18.8. The standard InChI is InChI=1S/C28H60O3Si/c1-5-8-11-14-17-20-23-26-29-32(4,30-27-24-21-18-15-12-9-6-2)31-28-25-22-19-16-13-10-7-3/h5-28H2,1-4H3. The largest absolute Gasteiger partial charge is 0.497 e. The smallest absolute Gasteiger partial charge is 0.374 e. The fourth-order valence-corrected chi connectivity index (χ4v) is 5.87. The summed E-state index contributed by atoms with van der Waals surface area (Å²) in [5, 5.41) is 0. The van der Waals surface area contributed by atoms with Crippen molar-refractivity contribution >= 4 is 8.80 Å². The van der Waals surface area contributed by atoms with E-state index < -0.39 is 8.80 Å². The Hall–Kier alpha value is 0.0969. The molecule has 0 bridgehead atoms.